The van der Waals surface area contributed by atoms with E-state index in [-0.39, 0.29) is 0 Å². The van der Waals surface area contributed by atoms with Crippen LogP contribution in [0.15, 0.2) is 0 Å². The SMILES string of the molecule is CCCC(C)(C)C1CC[C](CO[SiH3])C1(C)C. The summed E-state index contributed by atoms with van der Waals surface area (Å²) < 4.78 is 5.48. The van der Waals surface area contributed by atoms with E-state index in [1.807, 2.05) is 0 Å². The quantitative estimate of drug-likeness (QED) is 0.672. The second-order valence-corrected chi connectivity index (χ2v) is 7.17. The number of hydrogen-bond donors (Lipinski definition) is 0. The summed E-state index contributed by atoms with van der Waals surface area (Å²) in [6, 6.07) is 0. The van der Waals surface area contributed by atoms with E-state index in [1.54, 1.807) is 5.92 Å². The predicted octanol–water partition coefficient (Wildman–Crippen LogP) is 3.12. The molecule has 0 bridgehead atoms. The molecule has 0 aromatic heterocycles. The van der Waals surface area contributed by atoms with E-state index in [9.17, 15) is 0 Å². The Balaban J connectivity index is 2.76. The highest BCUT2D eigenvalue weighted by Crippen LogP contribution is 2.56. The van der Waals surface area contributed by atoms with E-state index in [0.29, 0.717) is 10.8 Å². The molecule has 1 aliphatic carbocycles. The molecule has 1 fully saturated rings. The molecule has 1 atom stereocenters. The molecule has 0 heterocycles. The lowest BCUT2D eigenvalue weighted by Gasteiger charge is -2.42. The van der Waals surface area contributed by atoms with Gasteiger partial charge >= 0.3 is 0 Å². The average Bonchev–Trinajstić information content (AvgIpc) is 2.43. The van der Waals surface area contributed by atoms with Crippen molar-refractivity contribution in [2.75, 3.05) is 6.61 Å². The van der Waals surface area contributed by atoms with Crippen molar-refractivity contribution in [2.45, 2.75) is 60.3 Å². The second kappa shape index (κ2) is 5.22. The third-order valence-electron chi connectivity index (χ3n) is 4.67. The van der Waals surface area contributed by atoms with Crippen LogP contribution in [0.25, 0.3) is 0 Å². The summed E-state index contributed by atoms with van der Waals surface area (Å²) in [6.07, 6.45) is 5.29. The van der Waals surface area contributed by atoms with Crippen LogP contribution in [0.3, 0.4) is 0 Å². The minimum absolute atomic E-state index is 0.378. The lowest BCUT2D eigenvalue weighted by Crippen LogP contribution is -2.35. The molecule has 0 amide bonds. The topological polar surface area (TPSA) is 9.23 Å². The summed E-state index contributed by atoms with van der Waals surface area (Å²) in [4.78, 5) is 0. The van der Waals surface area contributed by atoms with Crippen LogP contribution in [0.4, 0.5) is 0 Å². The molecule has 1 unspecified atom stereocenters. The molecule has 0 saturated heterocycles. The third kappa shape index (κ3) is 2.70. The number of rotatable bonds is 5. The lowest BCUT2D eigenvalue weighted by molar-refractivity contribution is 0.0952. The van der Waals surface area contributed by atoms with Gasteiger partial charge in [0.25, 0.3) is 0 Å². The van der Waals surface area contributed by atoms with E-state index in [1.165, 1.54) is 25.7 Å². The molecule has 0 aromatic rings. The van der Waals surface area contributed by atoms with Crippen LogP contribution in [0, 0.1) is 22.7 Å². The van der Waals surface area contributed by atoms with Gasteiger partial charge in [-0.15, -0.1) is 0 Å². The molecule has 95 valence electrons. The second-order valence-electron chi connectivity index (χ2n) is 6.59. The first-order valence-corrected chi connectivity index (χ1v) is 7.52. The highest BCUT2D eigenvalue weighted by atomic mass is 28.2. The van der Waals surface area contributed by atoms with Crippen molar-refractivity contribution in [1.29, 1.82) is 0 Å². The fourth-order valence-electron chi connectivity index (χ4n) is 3.87. The Bertz CT molecular complexity index is 223. The Morgan fingerprint density at radius 1 is 1.44 bits per heavy atom. The molecule has 0 aromatic carbocycles. The van der Waals surface area contributed by atoms with Crippen LogP contribution in [-0.4, -0.2) is 17.1 Å². The molecule has 0 aliphatic heterocycles. The van der Waals surface area contributed by atoms with E-state index in [4.69, 9.17) is 4.43 Å². The van der Waals surface area contributed by atoms with Gasteiger partial charge in [-0.2, -0.15) is 0 Å². The molecular weight excluding hydrogens is 212 g/mol. The fraction of sp³-hybridized carbons (Fsp3) is 0.929. The van der Waals surface area contributed by atoms with Crippen LogP contribution in [-0.2, 0) is 4.43 Å². The minimum atomic E-state index is 0.378. The predicted molar refractivity (Wildman–Crippen MR) is 74.3 cm³/mol. The molecular formula is C14H29OSi. The van der Waals surface area contributed by atoms with Crippen LogP contribution < -0.4 is 0 Å². The van der Waals surface area contributed by atoms with Crippen molar-refractivity contribution in [3.63, 3.8) is 0 Å². The summed E-state index contributed by atoms with van der Waals surface area (Å²) in [6.45, 7) is 13.0. The molecule has 0 N–H and O–H groups in total. The van der Waals surface area contributed by atoms with E-state index >= 15 is 0 Å². The summed E-state index contributed by atoms with van der Waals surface area (Å²) in [7, 11) is 0.866. The van der Waals surface area contributed by atoms with Gasteiger partial charge in [0.15, 0.2) is 0 Å². The van der Waals surface area contributed by atoms with Gasteiger partial charge in [-0.25, -0.2) is 0 Å². The van der Waals surface area contributed by atoms with Gasteiger partial charge in [0.2, 0.25) is 0 Å². The van der Waals surface area contributed by atoms with E-state index in [0.717, 1.165) is 23.0 Å². The van der Waals surface area contributed by atoms with Gasteiger partial charge in [0.05, 0.1) is 0 Å². The first kappa shape index (κ1) is 14.2. The third-order valence-corrected chi connectivity index (χ3v) is 4.96. The first-order chi connectivity index (χ1) is 7.36. The smallest absolute Gasteiger partial charge is 0.145 e. The van der Waals surface area contributed by atoms with Gasteiger partial charge in [-0.1, -0.05) is 41.0 Å². The Labute approximate surface area is 105 Å². The van der Waals surface area contributed by atoms with Gasteiger partial charge in [-0.3, -0.25) is 0 Å². The van der Waals surface area contributed by atoms with Crippen molar-refractivity contribution >= 4 is 10.5 Å². The van der Waals surface area contributed by atoms with Crippen LogP contribution in [0.5, 0.6) is 0 Å². The standard InChI is InChI=1S/C14H29OSi/c1-6-9-13(2,3)12-8-7-11(10-15-16)14(12,4)5/h12H,6-10H2,1-5,16H3. The summed E-state index contributed by atoms with van der Waals surface area (Å²) in [5.41, 5.74) is 0.855. The van der Waals surface area contributed by atoms with Gasteiger partial charge in [0.1, 0.15) is 10.5 Å². The summed E-state index contributed by atoms with van der Waals surface area (Å²) in [5.74, 6) is 2.48. The minimum Gasteiger partial charge on any atom is -0.427 e. The zero-order valence-corrected chi connectivity index (χ0v) is 14.0. The maximum Gasteiger partial charge on any atom is 0.145 e. The monoisotopic (exact) mass is 241 g/mol. The highest BCUT2D eigenvalue weighted by Gasteiger charge is 2.48. The maximum absolute atomic E-state index is 5.48. The van der Waals surface area contributed by atoms with Crippen molar-refractivity contribution in [1.82, 2.24) is 0 Å². The van der Waals surface area contributed by atoms with Crippen LogP contribution in [0.1, 0.15) is 60.3 Å². The largest absolute Gasteiger partial charge is 0.427 e. The Kier molecular flexibility index (Phi) is 4.64. The molecule has 1 nitrogen and oxygen atoms in total. The maximum atomic E-state index is 5.48. The molecule has 16 heavy (non-hydrogen) atoms. The molecule has 2 heteroatoms. The fourth-order valence-corrected chi connectivity index (χ4v) is 4.21. The molecule has 1 saturated carbocycles. The van der Waals surface area contributed by atoms with Gasteiger partial charge in [0, 0.05) is 12.5 Å². The normalized spacial score (nSPS) is 26.4. The van der Waals surface area contributed by atoms with Crippen molar-refractivity contribution in [2.24, 2.45) is 16.7 Å². The van der Waals surface area contributed by atoms with Crippen molar-refractivity contribution < 1.29 is 4.43 Å². The van der Waals surface area contributed by atoms with Gasteiger partial charge in [-0.05, 0) is 36.0 Å². The Morgan fingerprint density at radius 2 is 2.06 bits per heavy atom. The van der Waals surface area contributed by atoms with Crippen molar-refractivity contribution in [3.05, 3.63) is 5.92 Å². The Hall–Kier alpha value is 0.177. The zero-order chi connectivity index (χ0) is 12.4. The molecule has 1 radical (unpaired) electrons. The average molecular weight is 241 g/mol. The zero-order valence-electron chi connectivity index (χ0n) is 12.0. The van der Waals surface area contributed by atoms with Crippen molar-refractivity contribution in [3.8, 4) is 0 Å². The molecule has 1 rings (SSSR count). The van der Waals surface area contributed by atoms with Crippen LogP contribution >= 0.6 is 0 Å². The number of hydrogen-bond acceptors (Lipinski definition) is 1. The first-order valence-electron chi connectivity index (χ1n) is 6.70. The summed E-state index contributed by atoms with van der Waals surface area (Å²) >= 11 is 0. The Morgan fingerprint density at radius 3 is 2.56 bits per heavy atom. The van der Waals surface area contributed by atoms with E-state index < -0.39 is 0 Å². The molecule has 0 spiro atoms. The molecule has 1 aliphatic rings. The van der Waals surface area contributed by atoms with E-state index in [2.05, 4.69) is 34.6 Å². The van der Waals surface area contributed by atoms with Gasteiger partial charge < -0.3 is 4.43 Å². The van der Waals surface area contributed by atoms with Crippen LogP contribution in [0.2, 0.25) is 0 Å². The highest BCUT2D eigenvalue weighted by molar-refractivity contribution is 5.98. The summed E-state index contributed by atoms with van der Waals surface area (Å²) in [5, 5.41) is 0. The lowest BCUT2D eigenvalue weighted by atomic mass is 9.63.